The summed E-state index contributed by atoms with van der Waals surface area (Å²) in [6, 6.07) is 7.96. The maximum atomic E-state index is 11.2. The first kappa shape index (κ1) is 11.8. The number of hydrogen-bond donors (Lipinski definition) is 1. The Hall–Kier alpha value is -1.31. The molecule has 1 aromatic carbocycles. The van der Waals surface area contributed by atoms with Gasteiger partial charge in [0.1, 0.15) is 0 Å². The third-order valence-electron chi connectivity index (χ3n) is 3.14. The average Bonchev–Trinajstić information content (AvgIpc) is 2.21. The second kappa shape index (κ2) is 4.47. The van der Waals surface area contributed by atoms with Gasteiger partial charge in [0.05, 0.1) is 5.41 Å². The molecule has 0 aliphatic carbocycles. The standard InChI is InChI=1S/C13H18O2/c1-4-13(3,12(14)15)9-11-8-6-5-7-10(11)2/h5-8H,4,9H2,1-3H3,(H,14,15). The van der Waals surface area contributed by atoms with Crippen LogP contribution in [0, 0.1) is 12.3 Å². The molecule has 2 nitrogen and oxygen atoms in total. The topological polar surface area (TPSA) is 37.3 Å². The molecule has 0 aliphatic heterocycles. The van der Waals surface area contributed by atoms with Gasteiger partial charge in [-0.25, -0.2) is 0 Å². The Labute approximate surface area is 90.9 Å². The van der Waals surface area contributed by atoms with Crippen LogP contribution in [0.1, 0.15) is 31.4 Å². The van der Waals surface area contributed by atoms with E-state index in [1.54, 1.807) is 0 Å². The predicted molar refractivity (Wildman–Crippen MR) is 60.9 cm³/mol. The third kappa shape index (κ3) is 2.58. The molecule has 0 heterocycles. The van der Waals surface area contributed by atoms with Crippen molar-refractivity contribution in [3.8, 4) is 0 Å². The van der Waals surface area contributed by atoms with Gasteiger partial charge in [-0.2, -0.15) is 0 Å². The van der Waals surface area contributed by atoms with Crippen LogP contribution in [0.5, 0.6) is 0 Å². The number of benzene rings is 1. The van der Waals surface area contributed by atoms with Crippen molar-refractivity contribution in [2.75, 3.05) is 0 Å². The molecule has 2 heteroatoms. The van der Waals surface area contributed by atoms with Crippen LogP contribution >= 0.6 is 0 Å². The molecule has 0 bridgehead atoms. The van der Waals surface area contributed by atoms with Gasteiger partial charge >= 0.3 is 5.97 Å². The number of carboxylic acids is 1. The van der Waals surface area contributed by atoms with Crippen LogP contribution in [0.25, 0.3) is 0 Å². The van der Waals surface area contributed by atoms with E-state index in [1.165, 1.54) is 5.56 Å². The summed E-state index contributed by atoms with van der Waals surface area (Å²) in [5.74, 6) is -0.715. The summed E-state index contributed by atoms with van der Waals surface area (Å²) < 4.78 is 0. The second-order valence-corrected chi connectivity index (χ2v) is 4.32. The molecule has 0 saturated heterocycles. The smallest absolute Gasteiger partial charge is 0.309 e. The van der Waals surface area contributed by atoms with E-state index in [4.69, 9.17) is 0 Å². The highest BCUT2D eigenvalue weighted by Crippen LogP contribution is 2.27. The number of aliphatic carboxylic acids is 1. The van der Waals surface area contributed by atoms with Crippen molar-refractivity contribution < 1.29 is 9.90 Å². The quantitative estimate of drug-likeness (QED) is 0.822. The lowest BCUT2D eigenvalue weighted by molar-refractivity contribution is -0.148. The normalized spacial score (nSPS) is 14.6. The molecule has 0 amide bonds. The summed E-state index contributed by atoms with van der Waals surface area (Å²) in [5, 5.41) is 9.18. The molecular formula is C13H18O2. The van der Waals surface area contributed by atoms with Crippen LogP contribution in [-0.4, -0.2) is 11.1 Å². The summed E-state index contributed by atoms with van der Waals surface area (Å²) in [6.07, 6.45) is 1.25. The monoisotopic (exact) mass is 206 g/mol. The van der Waals surface area contributed by atoms with E-state index in [-0.39, 0.29) is 0 Å². The number of carbonyl (C=O) groups is 1. The zero-order valence-electron chi connectivity index (χ0n) is 9.58. The Balaban J connectivity index is 2.94. The average molecular weight is 206 g/mol. The van der Waals surface area contributed by atoms with Gasteiger partial charge in [-0.15, -0.1) is 0 Å². The van der Waals surface area contributed by atoms with Gasteiger partial charge in [-0.3, -0.25) is 4.79 Å². The Morgan fingerprint density at radius 1 is 1.40 bits per heavy atom. The second-order valence-electron chi connectivity index (χ2n) is 4.32. The minimum atomic E-state index is -0.715. The van der Waals surface area contributed by atoms with Crippen LogP contribution in [-0.2, 0) is 11.2 Å². The molecule has 82 valence electrons. The first-order valence-electron chi connectivity index (χ1n) is 5.27. The fourth-order valence-electron chi connectivity index (χ4n) is 1.58. The van der Waals surface area contributed by atoms with Gasteiger partial charge < -0.3 is 5.11 Å². The minimum absolute atomic E-state index is 0.603. The summed E-state index contributed by atoms with van der Waals surface area (Å²) in [6.45, 7) is 5.75. The predicted octanol–water partition coefficient (Wildman–Crippen LogP) is 3.04. The highest BCUT2D eigenvalue weighted by molar-refractivity contribution is 5.74. The Bertz CT molecular complexity index is 357. The lowest BCUT2D eigenvalue weighted by atomic mass is 9.80. The van der Waals surface area contributed by atoms with E-state index >= 15 is 0 Å². The molecule has 0 aliphatic rings. The molecule has 0 spiro atoms. The molecule has 0 aromatic heterocycles. The van der Waals surface area contributed by atoms with Crippen LogP contribution in [0.4, 0.5) is 0 Å². The summed E-state index contributed by atoms with van der Waals surface area (Å²) in [7, 11) is 0. The number of rotatable bonds is 4. The molecule has 1 aromatic rings. The fourth-order valence-corrected chi connectivity index (χ4v) is 1.58. The summed E-state index contributed by atoms with van der Waals surface area (Å²) in [4.78, 5) is 11.2. The van der Waals surface area contributed by atoms with Crippen LogP contribution in [0.15, 0.2) is 24.3 Å². The summed E-state index contributed by atoms with van der Waals surface area (Å²) >= 11 is 0. The van der Waals surface area contributed by atoms with E-state index in [1.807, 2.05) is 45.0 Å². The van der Waals surface area contributed by atoms with Crippen molar-refractivity contribution in [3.05, 3.63) is 35.4 Å². The van der Waals surface area contributed by atoms with Crippen LogP contribution in [0.3, 0.4) is 0 Å². The zero-order chi connectivity index (χ0) is 11.5. The highest BCUT2D eigenvalue weighted by atomic mass is 16.4. The first-order chi connectivity index (χ1) is 6.99. The van der Waals surface area contributed by atoms with Gasteiger partial charge in [0.15, 0.2) is 0 Å². The van der Waals surface area contributed by atoms with Crippen molar-refractivity contribution in [1.29, 1.82) is 0 Å². The van der Waals surface area contributed by atoms with Gasteiger partial charge in [0.2, 0.25) is 0 Å². The van der Waals surface area contributed by atoms with E-state index in [0.29, 0.717) is 12.8 Å². The molecular weight excluding hydrogens is 188 g/mol. The van der Waals surface area contributed by atoms with Crippen molar-refractivity contribution >= 4 is 5.97 Å². The SMILES string of the molecule is CCC(C)(Cc1ccccc1C)C(=O)O. The van der Waals surface area contributed by atoms with Crippen molar-refractivity contribution in [2.24, 2.45) is 5.41 Å². The van der Waals surface area contributed by atoms with Crippen molar-refractivity contribution in [1.82, 2.24) is 0 Å². The lowest BCUT2D eigenvalue weighted by Gasteiger charge is -2.23. The van der Waals surface area contributed by atoms with E-state index in [0.717, 1.165) is 5.56 Å². The molecule has 1 rings (SSSR count). The largest absolute Gasteiger partial charge is 0.481 e. The van der Waals surface area contributed by atoms with Crippen LogP contribution in [0.2, 0.25) is 0 Å². The number of aryl methyl sites for hydroxylation is 1. The fraction of sp³-hybridized carbons (Fsp3) is 0.462. The minimum Gasteiger partial charge on any atom is -0.481 e. The Morgan fingerprint density at radius 2 is 2.00 bits per heavy atom. The molecule has 0 saturated carbocycles. The molecule has 0 radical (unpaired) electrons. The maximum absolute atomic E-state index is 11.2. The van der Waals surface area contributed by atoms with Crippen molar-refractivity contribution in [3.63, 3.8) is 0 Å². The highest BCUT2D eigenvalue weighted by Gasteiger charge is 2.31. The van der Waals surface area contributed by atoms with Gasteiger partial charge in [-0.1, -0.05) is 31.2 Å². The molecule has 1 atom stereocenters. The van der Waals surface area contributed by atoms with Crippen molar-refractivity contribution in [2.45, 2.75) is 33.6 Å². The van der Waals surface area contributed by atoms with Gasteiger partial charge in [0, 0.05) is 0 Å². The molecule has 1 unspecified atom stereocenters. The first-order valence-corrected chi connectivity index (χ1v) is 5.27. The van der Waals surface area contributed by atoms with E-state index < -0.39 is 11.4 Å². The van der Waals surface area contributed by atoms with Gasteiger partial charge in [0.25, 0.3) is 0 Å². The number of carboxylic acid groups (broad SMARTS) is 1. The van der Waals surface area contributed by atoms with Crippen LogP contribution < -0.4 is 0 Å². The lowest BCUT2D eigenvalue weighted by Crippen LogP contribution is -2.29. The van der Waals surface area contributed by atoms with E-state index in [9.17, 15) is 9.90 Å². The summed E-state index contributed by atoms with van der Waals surface area (Å²) in [5.41, 5.74) is 1.65. The Morgan fingerprint density at radius 3 is 2.47 bits per heavy atom. The third-order valence-corrected chi connectivity index (χ3v) is 3.14. The maximum Gasteiger partial charge on any atom is 0.309 e. The molecule has 1 N–H and O–H groups in total. The zero-order valence-corrected chi connectivity index (χ0v) is 9.58. The van der Waals surface area contributed by atoms with Gasteiger partial charge in [-0.05, 0) is 37.8 Å². The van der Waals surface area contributed by atoms with E-state index in [2.05, 4.69) is 0 Å². The number of hydrogen-bond acceptors (Lipinski definition) is 1. The Kier molecular flexibility index (Phi) is 3.51. The molecule has 15 heavy (non-hydrogen) atoms. The molecule has 0 fully saturated rings.